The van der Waals surface area contributed by atoms with E-state index in [0.29, 0.717) is 12.1 Å². The third kappa shape index (κ3) is 2.96. The van der Waals surface area contributed by atoms with Crippen LogP contribution >= 0.6 is 0 Å². The molecule has 1 atom stereocenters. The summed E-state index contributed by atoms with van der Waals surface area (Å²) in [7, 11) is 0. The number of anilines is 1. The van der Waals surface area contributed by atoms with E-state index >= 15 is 0 Å². The molecule has 1 aromatic rings. The zero-order chi connectivity index (χ0) is 13.1. The van der Waals surface area contributed by atoms with Gasteiger partial charge in [-0.25, -0.2) is 4.98 Å². The van der Waals surface area contributed by atoms with Crippen LogP contribution in [0, 0.1) is 5.92 Å². The summed E-state index contributed by atoms with van der Waals surface area (Å²) in [5.41, 5.74) is 0. The molecule has 0 aromatic carbocycles. The first kappa shape index (κ1) is 13.0. The van der Waals surface area contributed by atoms with Gasteiger partial charge in [-0.15, -0.1) is 0 Å². The van der Waals surface area contributed by atoms with Crippen molar-refractivity contribution in [3.05, 3.63) is 12.4 Å². The Kier molecular flexibility index (Phi) is 4.09. The van der Waals surface area contributed by atoms with Crippen molar-refractivity contribution in [1.29, 1.82) is 0 Å². The molecule has 1 unspecified atom stereocenters. The number of imidazole rings is 1. The summed E-state index contributed by atoms with van der Waals surface area (Å²) in [6.07, 6.45) is 16.5. The van der Waals surface area contributed by atoms with Gasteiger partial charge in [0.15, 0.2) is 0 Å². The third-order valence-electron chi connectivity index (χ3n) is 5.13. The summed E-state index contributed by atoms with van der Waals surface area (Å²) in [5.74, 6) is 1.94. The van der Waals surface area contributed by atoms with Gasteiger partial charge in [-0.3, -0.25) is 0 Å². The average Bonchev–Trinajstić information content (AvgIpc) is 3.11. The number of hydrogen-bond acceptors (Lipinski definition) is 2. The van der Waals surface area contributed by atoms with Crippen molar-refractivity contribution in [1.82, 2.24) is 9.55 Å². The van der Waals surface area contributed by atoms with Crippen molar-refractivity contribution in [2.75, 3.05) is 5.32 Å². The Morgan fingerprint density at radius 1 is 1.11 bits per heavy atom. The Morgan fingerprint density at radius 2 is 1.79 bits per heavy atom. The van der Waals surface area contributed by atoms with E-state index in [1.807, 2.05) is 6.20 Å². The van der Waals surface area contributed by atoms with E-state index in [9.17, 15) is 0 Å². The van der Waals surface area contributed by atoms with Crippen LogP contribution in [0.4, 0.5) is 5.95 Å². The summed E-state index contributed by atoms with van der Waals surface area (Å²) < 4.78 is 2.38. The second-order valence-electron chi connectivity index (χ2n) is 6.42. The number of aromatic nitrogens is 2. The largest absolute Gasteiger partial charge is 0.353 e. The van der Waals surface area contributed by atoms with Crippen LogP contribution in [0.5, 0.6) is 0 Å². The zero-order valence-corrected chi connectivity index (χ0v) is 12.1. The lowest BCUT2D eigenvalue weighted by molar-refractivity contribution is 0.265. The monoisotopic (exact) mass is 261 g/mol. The van der Waals surface area contributed by atoms with E-state index in [1.54, 1.807) is 0 Å². The van der Waals surface area contributed by atoms with E-state index in [2.05, 4.69) is 28.0 Å². The lowest BCUT2D eigenvalue weighted by Crippen LogP contribution is -2.23. The molecule has 3 heteroatoms. The Morgan fingerprint density at radius 3 is 2.53 bits per heavy atom. The highest BCUT2D eigenvalue weighted by Gasteiger charge is 2.24. The molecular formula is C16H27N3. The third-order valence-corrected chi connectivity index (χ3v) is 5.13. The highest BCUT2D eigenvalue weighted by molar-refractivity contribution is 5.28. The van der Waals surface area contributed by atoms with Crippen molar-refractivity contribution in [3.63, 3.8) is 0 Å². The molecule has 1 heterocycles. The topological polar surface area (TPSA) is 29.9 Å². The molecule has 2 aliphatic rings. The molecule has 3 nitrogen and oxygen atoms in total. The maximum Gasteiger partial charge on any atom is 0.203 e. The smallest absolute Gasteiger partial charge is 0.203 e. The molecule has 2 saturated carbocycles. The van der Waals surface area contributed by atoms with E-state index in [1.165, 1.54) is 57.8 Å². The molecule has 0 amide bonds. The van der Waals surface area contributed by atoms with Crippen LogP contribution in [0.25, 0.3) is 0 Å². The Balaban J connectivity index is 1.67. The number of nitrogens with zero attached hydrogens (tertiary/aromatic N) is 2. The van der Waals surface area contributed by atoms with Crippen LogP contribution in [0.3, 0.4) is 0 Å². The second-order valence-corrected chi connectivity index (χ2v) is 6.42. The van der Waals surface area contributed by atoms with Crippen LogP contribution in [0.2, 0.25) is 0 Å². The van der Waals surface area contributed by atoms with E-state index in [0.717, 1.165) is 11.9 Å². The molecule has 0 spiro atoms. The fourth-order valence-corrected chi connectivity index (χ4v) is 3.85. The van der Waals surface area contributed by atoms with E-state index in [4.69, 9.17) is 0 Å². The van der Waals surface area contributed by atoms with Crippen LogP contribution in [0.1, 0.15) is 70.8 Å². The Hall–Kier alpha value is -0.990. The van der Waals surface area contributed by atoms with Gasteiger partial charge in [-0.1, -0.05) is 32.1 Å². The molecule has 1 N–H and O–H groups in total. The standard InChI is InChI=1S/C16H27N3/c1-13(14-7-3-2-4-8-14)19-12-11-17-16(19)18-15-9-5-6-10-15/h11-15H,2-10H2,1H3,(H,17,18). The fourth-order valence-electron chi connectivity index (χ4n) is 3.85. The average molecular weight is 261 g/mol. The van der Waals surface area contributed by atoms with Crippen molar-refractivity contribution < 1.29 is 0 Å². The maximum atomic E-state index is 4.55. The molecule has 0 radical (unpaired) electrons. The van der Waals surface area contributed by atoms with Gasteiger partial charge in [0.05, 0.1) is 0 Å². The molecule has 106 valence electrons. The van der Waals surface area contributed by atoms with Crippen LogP contribution in [-0.4, -0.2) is 15.6 Å². The SMILES string of the molecule is CC(C1CCCCC1)n1ccnc1NC1CCCC1. The van der Waals surface area contributed by atoms with Crippen molar-refractivity contribution >= 4 is 5.95 Å². The number of rotatable bonds is 4. The molecule has 2 aliphatic carbocycles. The fraction of sp³-hybridized carbons (Fsp3) is 0.812. The minimum absolute atomic E-state index is 0.590. The summed E-state index contributed by atoms with van der Waals surface area (Å²) in [6.45, 7) is 2.37. The Labute approximate surface area is 116 Å². The van der Waals surface area contributed by atoms with Crippen molar-refractivity contribution in [3.8, 4) is 0 Å². The predicted octanol–water partition coefficient (Wildman–Crippen LogP) is 4.38. The molecule has 0 saturated heterocycles. The van der Waals surface area contributed by atoms with Gasteiger partial charge in [-0.2, -0.15) is 0 Å². The summed E-state index contributed by atoms with van der Waals surface area (Å²) in [5, 5.41) is 3.66. The van der Waals surface area contributed by atoms with Gasteiger partial charge in [0.1, 0.15) is 0 Å². The number of hydrogen-bond donors (Lipinski definition) is 1. The van der Waals surface area contributed by atoms with Crippen LogP contribution < -0.4 is 5.32 Å². The first-order valence-electron chi connectivity index (χ1n) is 8.14. The molecule has 0 bridgehead atoms. The molecule has 2 fully saturated rings. The maximum absolute atomic E-state index is 4.55. The van der Waals surface area contributed by atoms with Crippen LogP contribution in [-0.2, 0) is 0 Å². The van der Waals surface area contributed by atoms with Gasteiger partial charge in [0.2, 0.25) is 5.95 Å². The lowest BCUT2D eigenvalue weighted by atomic mass is 9.84. The quantitative estimate of drug-likeness (QED) is 0.871. The Bertz CT molecular complexity index is 386. The van der Waals surface area contributed by atoms with E-state index in [-0.39, 0.29) is 0 Å². The zero-order valence-electron chi connectivity index (χ0n) is 12.1. The van der Waals surface area contributed by atoms with Gasteiger partial charge < -0.3 is 9.88 Å². The minimum atomic E-state index is 0.590. The van der Waals surface area contributed by atoms with Gasteiger partial charge in [0.25, 0.3) is 0 Å². The first-order valence-corrected chi connectivity index (χ1v) is 8.14. The highest BCUT2D eigenvalue weighted by Crippen LogP contribution is 2.34. The lowest BCUT2D eigenvalue weighted by Gasteiger charge is -2.30. The van der Waals surface area contributed by atoms with Gasteiger partial charge in [0, 0.05) is 24.5 Å². The highest BCUT2D eigenvalue weighted by atomic mass is 15.2. The summed E-state index contributed by atoms with van der Waals surface area (Å²) in [4.78, 5) is 4.55. The minimum Gasteiger partial charge on any atom is -0.353 e. The summed E-state index contributed by atoms with van der Waals surface area (Å²) >= 11 is 0. The second kappa shape index (κ2) is 5.98. The normalized spacial score (nSPS) is 23.6. The van der Waals surface area contributed by atoms with Crippen LogP contribution in [0.15, 0.2) is 12.4 Å². The molecule has 1 aromatic heterocycles. The van der Waals surface area contributed by atoms with Gasteiger partial charge in [-0.05, 0) is 38.5 Å². The number of nitrogens with one attached hydrogen (secondary N) is 1. The van der Waals surface area contributed by atoms with Crippen molar-refractivity contribution in [2.24, 2.45) is 5.92 Å². The van der Waals surface area contributed by atoms with Crippen molar-refractivity contribution in [2.45, 2.75) is 76.8 Å². The molecule has 19 heavy (non-hydrogen) atoms. The van der Waals surface area contributed by atoms with Gasteiger partial charge >= 0.3 is 0 Å². The predicted molar refractivity (Wildman–Crippen MR) is 79.4 cm³/mol. The summed E-state index contributed by atoms with van der Waals surface area (Å²) in [6, 6.07) is 1.24. The first-order chi connectivity index (χ1) is 9.34. The van der Waals surface area contributed by atoms with E-state index < -0.39 is 0 Å². The molecular weight excluding hydrogens is 234 g/mol. The molecule has 0 aliphatic heterocycles. The molecule has 3 rings (SSSR count).